The zero-order valence-electron chi connectivity index (χ0n) is 34.8. The third kappa shape index (κ3) is 25.1. The van der Waals surface area contributed by atoms with E-state index in [2.05, 4.69) is 88.4 Å². The third-order valence-electron chi connectivity index (χ3n) is 12.2. The fourth-order valence-electron chi connectivity index (χ4n) is 6.99. The van der Waals surface area contributed by atoms with Gasteiger partial charge in [0.25, 0.3) is 0 Å². The van der Waals surface area contributed by atoms with Gasteiger partial charge in [-0.1, -0.05) is 95.6 Å². The van der Waals surface area contributed by atoms with Crippen molar-refractivity contribution in [3.8, 4) is 0 Å². The minimum atomic E-state index is 0. The molecule has 51 heavy (non-hydrogen) atoms. The summed E-state index contributed by atoms with van der Waals surface area (Å²) in [4.78, 5) is 0. The Labute approximate surface area is 324 Å². The summed E-state index contributed by atoms with van der Waals surface area (Å²) in [6.07, 6.45) is 28.8. The van der Waals surface area contributed by atoms with Gasteiger partial charge >= 0.3 is 0 Å². The fourth-order valence-corrected chi connectivity index (χ4v) is 6.99. The Morgan fingerprint density at radius 2 is 0.373 bits per heavy atom. The molecule has 0 aromatic carbocycles. The normalized spacial score (nSPS) is 20.5. The molecule has 0 saturated carbocycles. The van der Waals surface area contributed by atoms with E-state index in [1.54, 1.807) is 66.9 Å². The van der Waals surface area contributed by atoms with Crippen LogP contribution in [0.4, 0.5) is 0 Å². The van der Waals surface area contributed by atoms with Gasteiger partial charge in [0.05, 0.1) is 0 Å². The van der Waals surface area contributed by atoms with Crippen LogP contribution in [0.15, 0.2) is 66.9 Å². The van der Waals surface area contributed by atoms with Crippen molar-refractivity contribution >= 4 is 0 Å². The Morgan fingerprint density at radius 3 is 0.569 bits per heavy atom. The molecule has 0 spiro atoms. The summed E-state index contributed by atoms with van der Waals surface area (Å²) in [6.45, 7) is 29.4. The van der Waals surface area contributed by atoms with Gasteiger partial charge in [-0.05, 0) is 225 Å². The molecule has 0 amide bonds. The zero-order chi connectivity index (χ0) is 35.9. The third-order valence-corrected chi connectivity index (χ3v) is 12.2. The Hall–Kier alpha value is -1.60. The largest absolute Gasteiger partial charge is 0.316 e. The summed E-state index contributed by atoms with van der Waals surface area (Å²) in [5.74, 6) is 0. The number of allylic oxidation sites excluding steroid dienone is 10. The maximum absolute atomic E-state index is 3.37. The van der Waals surface area contributed by atoms with Crippen molar-refractivity contribution in [3.05, 3.63) is 66.9 Å². The molecule has 0 aromatic rings. The molecule has 0 atom stereocenters. The molecule has 0 bridgehead atoms. The van der Waals surface area contributed by atoms with Crippen LogP contribution in [-0.4, -0.2) is 13.1 Å². The van der Waals surface area contributed by atoms with E-state index in [1.165, 1.54) is 148 Å². The van der Waals surface area contributed by atoms with Crippen molar-refractivity contribution in [2.24, 2.45) is 0 Å². The fraction of sp³-hybridized carbons (Fsp3) is 0.760. The van der Waals surface area contributed by atoms with E-state index in [0.717, 1.165) is 0 Å². The molecular weight excluding hydrogens is 615 g/mol. The van der Waals surface area contributed by atoms with Gasteiger partial charge in [0.15, 0.2) is 0 Å². The SMILES string of the molecule is C.C.C.CC1=C(C)CCC1.CC1=C(C)CCC1.CC1=C(C)CCCC1.CC1=C(C)CCCC1.CC1=C(C)CCCCC1.CC1=C(C)CCNCC1. The van der Waals surface area contributed by atoms with E-state index >= 15 is 0 Å². The van der Waals surface area contributed by atoms with Crippen LogP contribution in [-0.2, 0) is 0 Å². The highest BCUT2D eigenvalue weighted by Gasteiger charge is 2.06. The van der Waals surface area contributed by atoms with Crippen LogP contribution in [0, 0.1) is 0 Å². The molecular formula is C50H95N. The molecule has 1 heteroatoms. The lowest BCUT2D eigenvalue weighted by Crippen LogP contribution is -2.13. The minimum Gasteiger partial charge on any atom is -0.316 e. The summed E-state index contributed by atoms with van der Waals surface area (Å²) >= 11 is 0. The van der Waals surface area contributed by atoms with Crippen LogP contribution in [0.1, 0.15) is 240 Å². The zero-order valence-corrected chi connectivity index (χ0v) is 34.8. The Bertz CT molecular complexity index is 958. The Balaban J connectivity index is -0.000000537. The van der Waals surface area contributed by atoms with Crippen LogP contribution in [0.5, 0.6) is 0 Å². The first kappa shape index (κ1) is 53.8. The van der Waals surface area contributed by atoms with E-state index in [4.69, 9.17) is 0 Å². The highest BCUT2D eigenvalue weighted by Crippen LogP contribution is 2.26. The smallest absolute Gasteiger partial charge is 0.00115 e. The summed E-state index contributed by atoms with van der Waals surface area (Å²) in [7, 11) is 0. The molecule has 0 unspecified atom stereocenters. The van der Waals surface area contributed by atoms with Crippen LogP contribution >= 0.6 is 0 Å². The average molecular weight is 710 g/mol. The number of rotatable bonds is 0. The van der Waals surface area contributed by atoms with E-state index in [9.17, 15) is 0 Å². The number of hydrogen-bond acceptors (Lipinski definition) is 1. The van der Waals surface area contributed by atoms with E-state index < -0.39 is 0 Å². The lowest BCUT2D eigenvalue weighted by atomic mass is 9.94. The standard InChI is InChI=1S/C9H16.C8H15N.2C8H14.2C7H12.3CH4/c1-8-6-4-3-5-7-9(8)2;1-7-3-5-9-6-4-8(7)2;2*1-7-5-3-4-6-8(7)2;2*1-6-4-3-5-7(6)2;;;/h3-7H2,1-2H3;9H,3-6H2,1-2H3;2*3-6H2,1-2H3;2*3-5H2,1-2H3;3*1H4. The molecule has 0 radical (unpaired) electrons. The van der Waals surface area contributed by atoms with E-state index in [0.29, 0.717) is 0 Å². The molecule has 5 aliphatic carbocycles. The van der Waals surface area contributed by atoms with Gasteiger partial charge in [0, 0.05) is 0 Å². The van der Waals surface area contributed by atoms with Crippen molar-refractivity contribution < 1.29 is 0 Å². The van der Waals surface area contributed by atoms with Crippen molar-refractivity contribution in [2.45, 2.75) is 240 Å². The minimum absolute atomic E-state index is 0. The maximum Gasteiger partial charge on any atom is -0.00115 e. The second-order valence-electron chi connectivity index (χ2n) is 16.3. The van der Waals surface area contributed by atoms with E-state index in [-0.39, 0.29) is 22.3 Å². The molecule has 1 aliphatic heterocycles. The Kier molecular flexibility index (Phi) is 33.6. The van der Waals surface area contributed by atoms with Gasteiger partial charge in [0.1, 0.15) is 0 Å². The first-order chi connectivity index (χ1) is 22.8. The highest BCUT2D eigenvalue weighted by molar-refractivity contribution is 5.16. The predicted octanol–water partition coefficient (Wildman–Crippen LogP) is 17.7. The molecule has 1 nitrogen and oxygen atoms in total. The monoisotopic (exact) mass is 710 g/mol. The predicted molar refractivity (Wildman–Crippen MR) is 240 cm³/mol. The van der Waals surface area contributed by atoms with Crippen LogP contribution in [0.25, 0.3) is 0 Å². The second kappa shape index (κ2) is 31.9. The van der Waals surface area contributed by atoms with Crippen LogP contribution < -0.4 is 5.32 Å². The van der Waals surface area contributed by atoms with Crippen molar-refractivity contribution in [2.75, 3.05) is 13.1 Å². The average Bonchev–Trinajstić information content (AvgIpc) is 3.50. The van der Waals surface area contributed by atoms with Crippen molar-refractivity contribution in [1.82, 2.24) is 5.32 Å². The van der Waals surface area contributed by atoms with Crippen molar-refractivity contribution in [1.29, 1.82) is 0 Å². The van der Waals surface area contributed by atoms with Gasteiger partial charge in [-0.25, -0.2) is 0 Å². The molecule has 6 aliphatic rings. The van der Waals surface area contributed by atoms with Crippen molar-refractivity contribution in [3.63, 3.8) is 0 Å². The molecule has 0 fully saturated rings. The van der Waals surface area contributed by atoms with Crippen LogP contribution in [0.3, 0.4) is 0 Å². The summed E-state index contributed by atoms with van der Waals surface area (Å²) < 4.78 is 0. The van der Waals surface area contributed by atoms with E-state index in [1.807, 2.05) is 0 Å². The summed E-state index contributed by atoms with van der Waals surface area (Å²) in [5, 5.41) is 3.37. The summed E-state index contributed by atoms with van der Waals surface area (Å²) in [5.41, 5.74) is 19.5. The molecule has 1 N–H and O–H groups in total. The lowest BCUT2D eigenvalue weighted by Gasteiger charge is -2.12. The number of nitrogens with one attached hydrogen (secondary N) is 1. The van der Waals surface area contributed by atoms with Crippen LogP contribution in [0.2, 0.25) is 0 Å². The summed E-state index contributed by atoms with van der Waals surface area (Å²) in [6, 6.07) is 0. The lowest BCUT2D eigenvalue weighted by molar-refractivity contribution is 0.672. The highest BCUT2D eigenvalue weighted by atomic mass is 14.8. The first-order valence-electron chi connectivity index (χ1n) is 20.4. The molecule has 0 saturated heterocycles. The topological polar surface area (TPSA) is 12.0 Å². The maximum atomic E-state index is 3.37. The molecule has 0 aromatic heterocycles. The molecule has 1 heterocycles. The van der Waals surface area contributed by atoms with Gasteiger partial charge < -0.3 is 5.32 Å². The molecule has 300 valence electrons. The van der Waals surface area contributed by atoms with Gasteiger partial charge in [-0.2, -0.15) is 0 Å². The number of hydrogen-bond donors (Lipinski definition) is 1. The second-order valence-corrected chi connectivity index (χ2v) is 16.3. The molecule has 6 rings (SSSR count). The van der Waals surface area contributed by atoms with Gasteiger partial charge in [-0.15, -0.1) is 0 Å². The first-order valence-corrected chi connectivity index (χ1v) is 20.4. The van der Waals surface area contributed by atoms with Gasteiger partial charge in [0.2, 0.25) is 0 Å². The quantitative estimate of drug-likeness (QED) is 0.247. The van der Waals surface area contributed by atoms with Gasteiger partial charge in [-0.3, -0.25) is 0 Å². The Morgan fingerprint density at radius 1 is 0.216 bits per heavy atom.